The number of primary amides is 2. The summed E-state index contributed by atoms with van der Waals surface area (Å²) in [5.41, 5.74) is 25.9. The monoisotopic (exact) mass is 1160 g/mol. The minimum Gasteiger partial charge on any atom is -0.508 e. The summed E-state index contributed by atoms with van der Waals surface area (Å²) in [5.74, 6) is -8.70. The summed E-state index contributed by atoms with van der Waals surface area (Å²) in [4.78, 5) is 126. The van der Waals surface area contributed by atoms with Crippen LogP contribution in [0.2, 0.25) is 5.02 Å². The van der Waals surface area contributed by atoms with E-state index in [0.29, 0.717) is 45.9 Å². The highest BCUT2D eigenvalue weighted by atomic mass is 35.5. The number of benzene rings is 4. The molecule has 5 rings (SSSR count). The molecule has 1 fully saturated rings. The highest BCUT2D eigenvalue weighted by Gasteiger charge is 2.37. The summed E-state index contributed by atoms with van der Waals surface area (Å²) in [6, 6.07) is 15.2. The van der Waals surface area contributed by atoms with Gasteiger partial charge in [0.2, 0.25) is 47.3 Å². The van der Waals surface area contributed by atoms with Crippen molar-refractivity contribution in [3.8, 4) is 11.5 Å². The number of hydrogen-bond acceptors (Lipinski definition) is 16. The van der Waals surface area contributed by atoms with E-state index in [2.05, 4.69) is 31.9 Å². The van der Waals surface area contributed by atoms with E-state index in [0.717, 1.165) is 21.6 Å². The number of phenolic OH excluding ortho intramolecular Hbond substituents is 1. The standard InChI is InChI=1S/C55H69ClN10O12S2/c1-30(67)47-55(77)65-45(54(76)62-42(49(60)71)25-34-12-20-39(78-2)21-13-34)29-80-79-28-44(64-51(73)40(58)24-32-8-16-37(56)17-9-32)46(69)27-36(23-31-10-18-38(68)19-11-31)50(72)63-43(26-33-6-14-35(15-7-33)48(59)70)53(75)61-41(52(74)66-47)5-3-4-22-57/h6-21,30,36,40-45,47,67-68H,3-5,22-29,57-58H2,1-2H3,(H2,59,70)(H2,60,71)(H,61,75)(H,62,76)(H,63,72)(H,64,73)(H,65,77)(H,66,74)/t30-,36-,40+,41+,42?,43-,44-,45+,47+/m1/s1. The number of amides is 8. The number of rotatable bonds is 20. The largest absolute Gasteiger partial charge is 0.508 e. The maximum Gasteiger partial charge on any atom is 0.248 e. The zero-order valence-electron chi connectivity index (χ0n) is 44.2. The number of aliphatic hydroxyl groups is 1. The van der Waals surface area contributed by atoms with Crippen molar-refractivity contribution in [2.45, 2.75) is 107 Å². The first-order valence-electron chi connectivity index (χ1n) is 25.7. The van der Waals surface area contributed by atoms with E-state index in [-0.39, 0.29) is 61.5 Å². The fourth-order valence-electron chi connectivity index (χ4n) is 8.42. The van der Waals surface area contributed by atoms with Crippen LogP contribution < -0.4 is 59.6 Å². The van der Waals surface area contributed by atoms with Crippen LogP contribution in [0.25, 0.3) is 0 Å². The number of halogens is 1. The Balaban J connectivity index is 1.57. The van der Waals surface area contributed by atoms with Crippen molar-refractivity contribution in [1.82, 2.24) is 31.9 Å². The Labute approximate surface area is 476 Å². The molecule has 0 radical (unpaired) electrons. The Bertz CT molecular complexity index is 2780. The molecular formula is C55H69ClN10O12S2. The molecule has 0 aromatic heterocycles. The molecular weight excluding hydrogens is 1090 g/mol. The molecule has 0 bridgehead atoms. The van der Waals surface area contributed by atoms with Crippen molar-refractivity contribution in [1.29, 1.82) is 0 Å². The van der Waals surface area contributed by atoms with Gasteiger partial charge in [0, 0.05) is 47.3 Å². The van der Waals surface area contributed by atoms with Gasteiger partial charge in [0.05, 0.1) is 25.3 Å². The van der Waals surface area contributed by atoms with E-state index >= 15 is 0 Å². The number of carbonyl (C=O) groups excluding carboxylic acids is 9. The van der Waals surface area contributed by atoms with E-state index in [1.807, 2.05) is 0 Å². The molecule has 9 atom stereocenters. The van der Waals surface area contributed by atoms with Crippen molar-refractivity contribution in [3.05, 3.63) is 130 Å². The molecule has 8 amide bonds. The van der Waals surface area contributed by atoms with Crippen LogP contribution in [-0.2, 0) is 64.0 Å². The van der Waals surface area contributed by atoms with Crippen LogP contribution in [0.15, 0.2) is 97.1 Å². The van der Waals surface area contributed by atoms with Crippen LogP contribution in [0.3, 0.4) is 0 Å². The van der Waals surface area contributed by atoms with Gasteiger partial charge in [-0.3, -0.25) is 43.2 Å². The first kappa shape index (κ1) is 63.6. The second-order valence-electron chi connectivity index (χ2n) is 19.3. The van der Waals surface area contributed by atoms with Gasteiger partial charge in [0.15, 0.2) is 5.78 Å². The third-order valence-corrected chi connectivity index (χ3v) is 15.7. The van der Waals surface area contributed by atoms with Gasteiger partial charge in [0.1, 0.15) is 41.7 Å². The molecule has 430 valence electrons. The van der Waals surface area contributed by atoms with Crippen LogP contribution in [0.5, 0.6) is 11.5 Å². The Morgan fingerprint density at radius 1 is 0.725 bits per heavy atom. The average Bonchev–Trinajstić information content (AvgIpc) is 3.42. The van der Waals surface area contributed by atoms with Crippen molar-refractivity contribution < 1.29 is 58.1 Å². The first-order chi connectivity index (χ1) is 38.1. The second kappa shape index (κ2) is 31.5. The number of nitrogens with one attached hydrogen (secondary N) is 6. The van der Waals surface area contributed by atoms with Crippen molar-refractivity contribution in [2.75, 3.05) is 25.2 Å². The van der Waals surface area contributed by atoms with Gasteiger partial charge in [0.25, 0.3) is 0 Å². The number of unbranched alkanes of at least 4 members (excludes halogenated alkanes) is 1. The Morgan fingerprint density at radius 3 is 1.91 bits per heavy atom. The summed E-state index contributed by atoms with van der Waals surface area (Å²) >= 11 is 6.08. The SMILES string of the molecule is COc1ccc(CC(NC(=O)[C@@H]2CSSC[C@@H](NC(=O)[C@@H](N)Cc3ccc(Cl)cc3)C(=O)C[C@@H](Cc3ccc(O)cc3)C(=O)N[C@H](Cc3ccc(C(N)=O)cc3)C(=O)N[C@@H](CCCCN)C(=O)N[C@@H]([C@@H](C)O)C(=O)N2)C(N)=O)cc1. The van der Waals surface area contributed by atoms with Crippen molar-refractivity contribution in [3.63, 3.8) is 0 Å². The average molecular weight is 1160 g/mol. The molecule has 1 heterocycles. The normalized spacial score (nSPS) is 21.0. The number of ketones is 1. The number of methoxy groups -OCH3 is 1. The predicted molar refractivity (Wildman–Crippen MR) is 304 cm³/mol. The van der Waals surface area contributed by atoms with Gasteiger partial charge in [-0.2, -0.15) is 0 Å². The lowest BCUT2D eigenvalue weighted by molar-refractivity contribution is -0.137. The number of ether oxygens (including phenoxy) is 1. The third kappa shape index (κ3) is 20.2. The topological polar surface area (TPSA) is 380 Å². The van der Waals surface area contributed by atoms with E-state index in [1.165, 1.54) is 50.4 Å². The molecule has 4 aromatic rings. The Hall–Kier alpha value is -7.22. The summed E-state index contributed by atoms with van der Waals surface area (Å²) in [7, 11) is 3.48. The number of aliphatic hydroxyl groups excluding tert-OH is 1. The van der Waals surface area contributed by atoms with Crippen LogP contribution in [0.4, 0.5) is 0 Å². The maximum atomic E-state index is 14.8. The number of hydrogen-bond donors (Lipinski definition) is 12. The fraction of sp³-hybridized carbons (Fsp3) is 0.400. The zero-order chi connectivity index (χ0) is 58.5. The first-order valence-corrected chi connectivity index (χ1v) is 28.6. The van der Waals surface area contributed by atoms with Gasteiger partial charge in [-0.05, 0) is 116 Å². The molecule has 1 aliphatic rings. The summed E-state index contributed by atoms with van der Waals surface area (Å²) < 4.78 is 5.23. The quantitative estimate of drug-likeness (QED) is 0.0426. The highest BCUT2D eigenvalue weighted by molar-refractivity contribution is 8.76. The highest BCUT2D eigenvalue weighted by Crippen LogP contribution is 2.26. The summed E-state index contributed by atoms with van der Waals surface area (Å²) in [5, 5.41) is 37.5. The lowest BCUT2D eigenvalue weighted by atomic mass is 9.90. The van der Waals surface area contributed by atoms with Gasteiger partial charge < -0.3 is 69.8 Å². The van der Waals surface area contributed by atoms with E-state index < -0.39 is 114 Å². The number of nitrogens with two attached hydrogens (primary N) is 4. The number of carbonyl (C=O) groups is 9. The summed E-state index contributed by atoms with van der Waals surface area (Å²) in [6.07, 6.45) is -1.79. The molecule has 1 unspecified atom stereocenters. The predicted octanol–water partition coefficient (Wildman–Crippen LogP) is 0.625. The molecule has 1 aliphatic heterocycles. The molecule has 0 aliphatic carbocycles. The maximum absolute atomic E-state index is 14.8. The van der Waals surface area contributed by atoms with Crippen LogP contribution in [0.1, 0.15) is 65.2 Å². The Morgan fingerprint density at radius 2 is 1.30 bits per heavy atom. The molecule has 22 nitrogen and oxygen atoms in total. The molecule has 0 saturated carbocycles. The molecule has 1 saturated heterocycles. The molecule has 80 heavy (non-hydrogen) atoms. The number of aromatic hydroxyl groups is 1. The number of Topliss-reactive ketones (excluding diaryl/α,β-unsaturated/α-hetero) is 1. The zero-order valence-corrected chi connectivity index (χ0v) is 46.6. The van der Waals surface area contributed by atoms with Gasteiger partial charge in [-0.25, -0.2) is 0 Å². The van der Waals surface area contributed by atoms with Crippen molar-refractivity contribution >= 4 is 86.2 Å². The molecule has 16 N–H and O–H groups in total. The van der Waals surface area contributed by atoms with Crippen LogP contribution in [0, 0.1) is 5.92 Å². The van der Waals surface area contributed by atoms with Crippen LogP contribution >= 0.6 is 33.2 Å². The molecule has 4 aromatic carbocycles. The van der Waals surface area contributed by atoms with Gasteiger partial charge in [-0.1, -0.05) is 81.7 Å². The lowest BCUT2D eigenvalue weighted by Gasteiger charge is -2.29. The van der Waals surface area contributed by atoms with E-state index in [4.69, 9.17) is 39.3 Å². The smallest absolute Gasteiger partial charge is 0.248 e. The van der Waals surface area contributed by atoms with E-state index in [1.54, 1.807) is 60.7 Å². The molecule has 0 spiro atoms. The van der Waals surface area contributed by atoms with Gasteiger partial charge >= 0.3 is 0 Å². The minimum absolute atomic E-state index is 0.0348. The van der Waals surface area contributed by atoms with E-state index in [9.17, 15) is 53.4 Å². The lowest BCUT2D eigenvalue weighted by Crippen LogP contribution is -2.62. The molecule has 25 heteroatoms. The van der Waals surface area contributed by atoms with Crippen LogP contribution in [-0.4, -0.2) is 137 Å². The Kier molecular flexibility index (Phi) is 25.1. The fourth-order valence-corrected chi connectivity index (χ4v) is 10.9. The van der Waals surface area contributed by atoms with Crippen molar-refractivity contribution in [2.24, 2.45) is 28.9 Å². The number of phenols is 1. The van der Waals surface area contributed by atoms with Gasteiger partial charge in [-0.15, -0.1) is 0 Å². The minimum atomic E-state index is -1.74. The third-order valence-electron chi connectivity index (χ3n) is 13.0. The second-order valence-corrected chi connectivity index (χ2v) is 22.3. The summed E-state index contributed by atoms with van der Waals surface area (Å²) in [6.45, 7) is 1.44.